The Morgan fingerprint density at radius 2 is 1.68 bits per heavy atom. The van der Waals surface area contributed by atoms with Crippen molar-refractivity contribution in [2.75, 3.05) is 13.1 Å². The van der Waals surface area contributed by atoms with E-state index in [-0.39, 0.29) is 38.2 Å². The molecule has 3 amide bonds. The van der Waals surface area contributed by atoms with Crippen LogP contribution in [0.3, 0.4) is 0 Å². The van der Waals surface area contributed by atoms with Crippen molar-refractivity contribution in [2.24, 2.45) is 22.2 Å². The highest BCUT2D eigenvalue weighted by molar-refractivity contribution is 5.95. The Hall–Kier alpha value is -4.92. The number of nitrogens with two attached hydrogens (primary N) is 3. The van der Waals surface area contributed by atoms with Gasteiger partial charge in [0.2, 0.25) is 17.7 Å². The van der Waals surface area contributed by atoms with Crippen molar-refractivity contribution in [2.45, 2.75) is 50.2 Å². The van der Waals surface area contributed by atoms with Crippen LogP contribution < -0.4 is 33.2 Å². The molecule has 0 aliphatic rings. The molecule has 15 nitrogen and oxygen atoms in total. The molecule has 0 radical (unpaired) electrons. The van der Waals surface area contributed by atoms with E-state index in [4.69, 9.17) is 22.3 Å². The number of para-hydroxylation sites is 1. The fraction of sp³-hybridized carbons (Fsp3) is 0.385. The van der Waals surface area contributed by atoms with Crippen LogP contribution in [0.4, 0.5) is 0 Å². The summed E-state index contributed by atoms with van der Waals surface area (Å²) in [6.45, 7) is 0.352. The number of aliphatic imine (C=N–C) groups is 1. The smallest absolute Gasteiger partial charge is 0.328 e. The fourth-order valence-electron chi connectivity index (χ4n) is 3.92. The van der Waals surface area contributed by atoms with Gasteiger partial charge in [-0.3, -0.25) is 19.4 Å². The second kappa shape index (κ2) is 16.2. The summed E-state index contributed by atoms with van der Waals surface area (Å²) in [5.74, 6) is -4.64. The first-order chi connectivity index (χ1) is 19.5. The number of rotatable bonds is 17. The predicted octanol–water partition coefficient (Wildman–Crippen LogP) is -1.32. The number of aromatic amines is 1. The zero-order chi connectivity index (χ0) is 30.4. The lowest BCUT2D eigenvalue weighted by atomic mass is 10.0. The molecule has 0 aliphatic heterocycles. The van der Waals surface area contributed by atoms with Gasteiger partial charge in [0.1, 0.15) is 12.1 Å². The quantitative estimate of drug-likeness (QED) is 0.0467. The Morgan fingerprint density at radius 1 is 0.951 bits per heavy atom. The number of amides is 3. The van der Waals surface area contributed by atoms with Crippen LogP contribution in [0.1, 0.15) is 31.2 Å². The Bertz CT molecular complexity index is 1290. The summed E-state index contributed by atoms with van der Waals surface area (Å²) in [7, 11) is 0. The highest BCUT2D eigenvalue weighted by atomic mass is 16.4. The summed E-state index contributed by atoms with van der Waals surface area (Å²) in [4.78, 5) is 66.7. The van der Waals surface area contributed by atoms with Gasteiger partial charge in [-0.05, 0) is 37.3 Å². The van der Waals surface area contributed by atoms with Crippen LogP contribution in [0, 0.1) is 0 Å². The van der Waals surface area contributed by atoms with E-state index in [0.29, 0.717) is 25.1 Å². The molecule has 1 heterocycles. The number of guanidine groups is 1. The molecule has 0 bridgehead atoms. The van der Waals surface area contributed by atoms with Crippen molar-refractivity contribution in [3.63, 3.8) is 0 Å². The van der Waals surface area contributed by atoms with Gasteiger partial charge in [-0.2, -0.15) is 0 Å². The first-order valence-electron chi connectivity index (χ1n) is 12.9. The zero-order valence-corrected chi connectivity index (χ0v) is 22.3. The Labute approximate surface area is 235 Å². The number of carbonyl (C=O) groups excluding carboxylic acids is 3. The van der Waals surface area contributed by atoms with Crippen molar-refractivity contribution in [3.8, 4) is 0 Å². The van der Waals surface area contributed by atoms with Crippen molar-refractivity contribution in [3.05, 3.63) is 48.2 Å². The highest BCUT2D eigenvalue weighted by Crippen LogP contribution is 2.19. The molecule has 3 atom stereocenters. The number of carbonyl (C=O) groups is 5. The van der Waals surface area contributed by atoms with Gasteiger partial charge < -0.3 is 48.3 Å². The lowest BCUT2D eigenvalue weighted by molar-refractivity contribution is -0.141. The van der Waals surface area contributed by atoms with Crippen molar-refractivity contribution < 1.29 is 34.2 Å². The molecular formula is C26H36N8O7. The molecule has 0 saturated heterocycles. The highest BCUT2D eigenvalue weighted by Gasteiger charge is 2.25. The molecule has 0 spiro atoms. The Kier molecular flexibility index (Phi) is 12.8. The maximum absolute atomic E-state index is 13.1. The molecule has 1 aromatic carbocycles. The molecule has 1 aromatic heterocycles. The van der Waals surface area contributed by atoms with Crippen LogP contribution in [0.15, 0.2) is 47.6 Å². The number of aliphatic carboxylic acids is 2. The lowest BCUT2D eigenvalue weighted by Gasteiger charge is -2.21. The normalized spacial score (nSPS) is 13.2. The molecule has 0 aliphatic carbocycles. The van der Waals surface area contributed by atoms with Gasteiger partial charge in [-0.1, -0.05) is 18.2 Å². The number of fused-ring (bicyclic) bond motifs is 1. The SMILES string of the molecule is NC(N)=NCCCC(N)C(=O)NC(Cc1c[nH]c2ccccc12)C(=O)NCCCC(NC(=O)/C=C/C(=O)O)C(=O)O. The van der Waals surface area contributed by atoms with Crippen LogP contribution in [0.2, 0.25) is 0 Å². The predicted molar refractivity (Wildman–Crippen MR) is 150 cm³/mol. The summed E-state index contributed by atoms with van der Waals surface area (Å²) < 4.78 is 0. The standard InChI is InChI=1S/C26H36N8O7/c27-17(6-3-12-31-26(28)29)23(38)34-20(13-15-14-32-18-7-2-1-5-16(15)18)24(39)30-11-4-8-19(25(40)41)33-21(35)9-10-22(36)37/h1-2,5,7,9-10,14,17,19-20,32H,3-4,6,8,11-13,27H2,(H,30,39)(H,33,35)(H,34,38)(H,36,37)(H,40,41)(H4,28,29,31)/b10-9+. The lowest BCUT2D eigenvalue weighted by Crippen LogP contribution is -2.52. The Morgan fingerprint density at radius 3 is 2.37 bits per heavy atom. The maximum atomic E-state index is 13.1. The number of carboxylic acid groups (broad SMARTS) is 2. The van der Waals surface area contributed by atoms with Crippen LogP contribution in [-0.2, 0) is 30.4 Å². The van der Waals surface area contributed by atoms with E-state index in [0.717, 1.165) is 16.5 Å². The van der Waals surface area contributed by atoms with E-state index in [9.17, 15) is 29.1 Å². The molecular weight excluding hydrogens is 536 g/mol. The minimum Gasteiger partial charge on any atom is -0.480 e. The Balaban J connectivity index is 2.02. The van der Waals surface area contributed by atoms with Gasteiger partial charge in [-0.15, -0.1) is 0 Å². The van der Waals surface area contributed by atoms with Crippen LogP contribution in [0.5, 0.6) is 0 Å². The van der Waals surface area contributed by atoms with Crippen LogP contribution >= 0.6 is 0 Å². The van der Waals surface area contributed by atoms with E-state index < -0.39 is 47.8 Å². The number of carboxylic acids is 2. The second-order valence-electron chi connectivity index (χ2n) is 9.18. The van der Waals surface area contributed by atoms with E-state index in [2.05, 4.69) is 25.9 Å². The van der Waals surface area contributed by atoms with Gasteiger partial charge in [0.15, 0.2) is 5.96 Å². The van der Waals surface area contributed by atoms with E-state index in [1.54, 1.807) is 6.20 Å². The van der Waals surface area contributed by atoms with Crippen LogP contribution in [-0.4, -0.2) is 82.0 Å². The third-order valence-electron chi connectivity index (χ3n) is 6.00. The molecule has 41 heavy (non-hydrogen) atoms. The minimum absolute atomic E-state index is 0.0393. The largest absolute Gasteiger partial charge is 0.480 e. The monoisotopic (exact) mass is 572 g/mol. The average Bonchev–Trinajstić information content (AvgIpc) is 3.33. The van der Waals surface area contributed by atoms with Gasteiger partial charge >= 0.3 is 11.9 Å². The van der Waals surface area contributed by atoms with E-state index in [1.807, 2.05) is 24.3 Å². The van der Waals surface area contributed by atoms with Crippen molar-refractivity contribution in [1.29, 1.82) is 0 Å². The first kappa shape index (κ1) is 32.3. The van der Waals surface area contributed by atoms with Gasteiger partial charge in [-0.25, -0.2) is 9.59 Å². The van der Waals surface area contributed by atoms with Gasteiger partial charge in [0.25, 0.3) is 0 Å². The molecule has 12 N–H and O–H groups in total. The number of benzene rings is 1. The van der Waals surface area contributed by atoms with Gasteiger partial charge in [0, 0.05) is 48.8 Å². The fourth-order valence-corrected chi connectivity index (χ4v) is 3.92. The van der Waals surface area contributed by atoms with Crippen molar-refractivity contribution in [1.82, 2.24) is 20.9 Å². The summed E-state index contributed by atoms with van der Waals surface area (Å²) in [5.41, 5.74) is 18.3. The second-order valence-corrected chi connectivity index (χ2v) is 9.18. The summed E-state index contributed by atoms with van der Waals surface area (Å²) in [6, 6.07) is 4.31. The number of nitrogens with zero attached hydrogens (tertiary/aromatic N) is 1. The maximum Gasteiger partial charge on any atom is 0.328 e. The molecule has 2 rings (SSSR count). The molecule has 0 fully saturated rings. The summed E-state index contributed by atoms with van der Waals surface area (Å²) in [6.07, 6.45) is 4.09. The summed E-state index contributed by atoms with van der Waals surface area (Å²) >= 11 is 0. The summed E-state index contributed by atoms with van der Waals surface area (Å²) in [5, 5.41) is 26.4. The zero-order valence-electron chi connectivity index (χ0n) is 22.3. The van der Waals surface area contributed by atoms with E-state index >= 15 is 0 Å². The molecule has 2 aromatic rings. The minimum atomic E-state index is -1.35. The molecule has 15 heteroatoms. The molecule has 3 unspecified atom stereocenters. The number of nitrogens with one attached hydrogen (secondary N) is 4. The number of hydrogen-bond donors (Lipinski definition) is 9. The van der Waals surface area contributed by atoms with E-state index in [1.165, 1.54) is 0 Å². The molecule has 222 valence electrons. The average molecular weight is 573 g/mol. The third-order valence-corrected chi connectivity index (χ3v) is 6.00. The third kappa shape index (κ3) is 11.4. The molecule has 0 saturated carbocycles. The topological polar surface area (TPSA) is 268 Å². The first-order valence-corrected chi connectivity index (χ1v) is 12.9. The van der Waals surface area contributed by atoms with Crippen LogP contribution in [0.25, 0.3) is 10.9 Å². The van der Waals surface area contributed by atoms with Crippen molar-refractivity contribution >= 4 is 46.5 Å². The van der Waals surface area contributed by atoms with Gasteiger partial charge in [0.05, 0.1) is 6.04 Å². The number of aromatic nitrogens is 1. The number of H-pyrrole nitrogens is 1. The number of hydrogen-bond acceptors (Lipinski definition) is 7.